The molecule has 112 valence electrons. The maximum Gasteiger partial charge on any atom is 0.318 e. The van der Waals surface area contributed by atoms with E-state index in [0.29, 0.717) is 18.1 Å². The molecular formula is C16H19ClN2OS. The van der Waals surface area contributed by atoms with Crippen LogP contribution in [0, 0.1) is 0 Å². The van der Waals surface area contributed by atoms with Crippen molar-refractivity contribution in [1.82, 2.24) is 10.2 Å². The summed E-state index contributed by atoms with van der Waals surface area (Å²) in [5.41, 5.74) is 0.930. The van der Waals surface area contributed by atoms with Crippen molar-refractivity contribution in [3.63, 3.8) is 0 Å². The Morgan fingerprint density at radius 3 is 2.71 bits per heavy atom. The minimum Gasteiger partial charge on any atom is -0.331 e. The number of hydrogen-bond donors (Lipinski definition) is 1. The number of hydrogen-bond acceptors (Lipinski definition) is 2. The van der Waals surface area contributed by atoms with Crippen molar-refractivity contribution < 1.29 is 4.79 Å². The highest BCUT2D eigenvalue weighted by atomic mass is 35.5. The molecule has 0 saturated heterocycles. The maximum absolute atomic E-state index is 12.4. The summed E-state index contributed by atoms with van der Waals surface area (Å²) in [7, 11) is 0. The standard InChI is InChI=1S/C16H19ClN2OS/c1-3-19(11-13-7-6-10-21-13)16(20)18-12(2)14-8-4-5-9-15(14)17/h4-10,12H,3,11H2,1-2H3,(H,18,20). The van der Waals surface area contributed by atoms with Gasteiger partial charge in [0.1, 0.15) is 0 Å². The molecule has 21 heavy (non-hydrogen) atoms. The van der Waals surface area contributed by atoms with Gasteiger partial charge in [0.15, 0.2) is 0 Å². The molecule has 1 atom stereocenters. The summed E-state index contributed by atoms with van der Waals surface area (Å²) >= 11 is 7.83. The van der Waals surface area contributed by atoms with Crippen molar-refractivity contribution in [2.24, 2.45) is 0 Å². The Kier molecular flexibility index (Phi) is 5.65. The van der Waals surface area contributed by atoms with Gasteiger partial charge in [-0.1, -0.05) is 35.9 Å². The van der Waals surface area contributed by atoms with Gasteiger partial charge in [0.05, 0.1) is 12.6 Å². The fourth-order valence-corrected chi connectivity index (χ4v) is 3.12. The Balaban J connectivity index is 2.00. The van der Waals surface area contributed by atoms with Gasteiger partial charge >= 0.3 is 6.03 Å². The average molecular weight is 323 g/mol. The van der Waals surface area contributed by atoms with E-state index < -0.39 is 0 Å². The Labute approximate surface area is 134 Å². The second-order valence-corrected chi connectivity index (χ2v) is 6.23. The number of halogens is 1. The smallest absolute Gasteiger partial charge is 0.318 e. The summed E-state index contributed by atoms with van der Waals surface area (Å²) in [6.07, 6.45) is 0. The fourth-order valence-electron chi connectivity index (χ4n) is 2.10. The topological polar surface area (TPSA) is 32.3 Å². The molecule has 1 aromatic heterocycles. The van der Waals surface area contributed by atoms with Crippen LogP contribution in [0.4, 0.5) is 4.79 Å². The van der Waals surface area contributed by atoms with Gasteiger partial charge in [-0.05, 0) is 36.9 Å². The third kappa shape index (κ3) is 4.22. The lowest BCUT2D eigenvalue weighted by atomic mass is 10.1. The van der Waals surface area contributed by atoms with Crippen LogP contribution >= 0.6 is 22.9 Å². The van der Waals surface area contributed by atoms with E-state index in [1.165, 1.54) is 4.88 Å². The van der Waals surface area contributed by atoms with Crippen molar-refractivity contribution in [1.29, 1.82) is 0 Å². The number of nitrogens with one attached hydrogen (secondary N) is 1. The molecule has 2 aromatic rings. The normalized spacial score (nSPS) is 12.0. The number of benzene rings is 1. The Bertz CT molecular complexity index is 586. The minimum atomic E-state index is -0.122. The van der Waals surface area contributed by atoms with Gasteiger partial charge in [0.25, 0.3) is 0 Å². The van der Waals surface area contributed by atoms with Gasteiger partial charge in [-0.2, -0.15) is 0 Å². The highest BCUT2D eigenvalue weighted by molar-refractivity contribution is 7.09. The molecule has 0 radical (unpaired) electrons. The summed E-state index contributed by atoms with van der Waals surface area (Å²) in [5.74, 6) is 0. The van der Waals surface area contributed by atoms with Gasteiger partial charge in [0, 0.05) is 16.4 Å². The predicted molar refractivity (Wildman–Crippen MR) is 88.8 cm³/mol. The van der Waals surface area contributed by atoms with E-state index in [1.54, 1.807) is 16.2 Å². The van der Waals surface area contributed by atoms with E-state index >= 15 is 0 Å². The molecule has 3 nitrogen and oxygen atoms in total. The lowest BCUT2D eigenvalue weighted by molar-refractivity contribution is 0.195. The van der Waals surface area contributed by atoms with E-state index in [2.05, 4.69) is 5.32 Å². The maximum atomic E-state index is 12.4. The largest absolute Gasteiger partial charge is 0.331 e. The number of urea groups is 1. The number of nitrogens with zero attached hydrogens (tertiary/aromatic N) is 1. The first kappa shape index (κ1) is 15.9. The van der Waals surface area contributed by atoms with Crippen molar-refractivity contribution in [2.75, 3.05) is 6.54 Å². The molecule has 2 amide bonds. The van der Waals surface area contributed by atoms with Gasteiger partial charge in [-0.3, -0.25) is 0 Å². The van der Waals surface area contributed by atoms with E-state index in [0.717, 1.165) is 5.56 Å². The Morgan fingerprint density at radius 1 is 1.33 bits per heavy atom. The molecule has 0 fully saturated rings. The van der Waals surface area contributed by atoms with E-state index in [9.17, 15) is 4.79 Å². The highest BCUT2D eigenvalue weighted by Gasteiger charge is 2.17. The third-order valence-electron chi connectivity index (χ3n) is 3.31. The fraction of sp³-hybridized carbons (Fsp3) is 0.312. The van der Waals surface area contributed by atoms with Crippen LogP contribution < -0.4 is 5.32 Å². The average Bonchev–Trinajstić information content (AvgIpc) is 2.98. The van der Waals surface area contributed by atoms with Crippen LogP contribution in [0.5, 0.6) is 0 Å². The summed E-state index contributed by atoms with van der Waals surface area (Å²) in [6.45, 7) is 5.22. The first-order chi connectivity index (χ1) is 10.1. The van der Waals surface area contributed by atoms with Gasteiger partial charge < -0.3 is 10.2 Å². The summed E-state index contributed by atoms with van der Waals surface area (Å²) in [4.78, 5) is 15.3. The molecular weight excluding hydrogens is 304 g/mol. The lowest BCUT2D eigenvalue weighted by Gasteiger charge is -2.24. The zero-order valence-electron chi connectivity index (χ0n) is 12.2. The summed E-state index contributed by atoms with van der Waals surface area (Å²) in [5, 5.41) is 5.70. The van der Waals surface area contributed by atoms with Gasteiger partial charge in [-0.25, -0.2) is 4.79 Å². The van der Waals surface area contributed by atoms with Crippen LogP contribution in [0.15, 0.2) is 41.8 Å². The number of thiophene rings is 1. The second-order valence-electron chi connectivity index (χ2n) is 4.79. The molecule has 5 heteroatoms. The lowest BCUT2D eigenvalue weighted by Crippen LogP contribution is -2.40. The van der Waals surface area contributed by atoms with E-state index in [-0.39, 0.29) is 12.1 Å². The molecule has 0 bridgehead atoms. The van der Waals surface area contributed by atoms with Crippen LogP contribution in [-0.4, -0.2) is 17.5 Å². The predicted octanol–water partition coefficient (Wildman–Crippen LogP) is 4.69. The molecule has 1 N–H and O–H groups in total. The molecule has 1 aromatic carbocycles. The first-order valence-electron chi connectivity index (χ1n) is 6.94. The molecule has 0 saturated carbocycles. The quantitative estimate of drug-likeness (QED) is 0.850. The van der Waals surface area contributed by atoms with Gasteiger partial charge in [-0.15, -0.1) is 11.3 Å². The Hall–Kier alpha value is -1.52. The van der Waals surface area contributed by atoms with E-state index in [1.807, 2.05) is 55.6 Å². The van der Waals surface area contributed by atoms with Crippen molar-refractivity contribution >= 4 is 29.0 Å². The van der Waals surface area contributed by atoms with Crippen LogP contribution in [-0.2, 0) is 6.54 Å². The van der Waals surface area contributed by atoms with Crippen LogP contribution in [0.3, 0.4) is 0 Å². The number of carbonyl (C=O) groups excluding carboxylic acids is 1. The van der Waals surface area contributed by atoms with Crippen molar-refractivity contribution in [3.8, 4) is 0 Å². The highest BCUT2D eigenvalue weighted by Crippen LogP contribution is 2.22. The zero-order chi connectivity index (χ0) is 15.2. The van der Waals surface area contributed by atoms with Crippen molar-refractivity contribution in [3.05, 3.63) is 57.2 Å². The monoisotopic (exact) mass is 322 g/mol. The number of rotatable bonds is 5. The molecule has 1 unspecified atom stereocenters. The SMILES string of the molecule is CCN(Cc1cccs1)C(=O)NC(C)c1ccccc1Cl. The molecule has 0 spiro atoms. The van der Waals surface area contributed by atoms with Gasteiger partial charge in [0.2, 0.25) is 0 Å². The van der Waals surface area contributed by atoms with Crippen LogP contribution in [0.1, 0.15) is 30.3 Å². The zero-order valence-corrected chi connectivity index (χ0v) is 13.7. The summed E-state index contributed by atoms with van der Waals surface area (Å²) < 4.78 is 0. The minimum absolute atomic E-state index is 0.0710. The molecule has 0 aliphatic rings. The number of amides is 2. The van der Waals surface area contributed by atoms with Crippen LogP contribution in [0.25, 0.3) is 0 Å². The molecule has 0 aliphatic heterocycles. The Morgan fingerprint density at radius 2 is 2.10 bits per heavy atom. The second kappa shape index (κ2) is 7.48. The molecule has 1 heterocycles. The molecule has 2 rings (SSSR count). The summed E-state index contributed by atoms with van der Waals surface area (Å²) in [6, 6.07) is 11.4. The van der Waals surface area contributed by atoms with E-state index in [4.69, 9.17) is 11.6 Å². The van der Waals surface area contributed by atoms with Crippen LogP contribution in [0.2, 0.25) is 5.02 Å². The number of carbonyl (C=O) groups is 1. The first-order valence-corrected chi connectivity index (χ1v) is 8.19. The third-order valence-corrected chi connectivity index (χ3v) is 4.51. The van der Waals surface area contributed by atoms with Crippen molar-refractivity contribution in [2.45, 2.75) is 26.4 Å². The molecule has 0 aliphatic carbocycles.